The number of ether oxygens (including phenoxy) is 2. The number of methoxy groups -OCH3 is 1. The van der Waals surface area contributed by atoms with Crippen LogP contribution in [0.15, 0.2) is 53.0 Å². The Morgan fingerprint density at radius 1 is 1.00 bits per heavy atom. The monoisotopic (exact) mass is 437 g/mol. The molecule has 9 heteroatoms. The smallest absolute Gasteiger partial charge is 0.276 e. The first kappa shape index (κ1) is 19.7. The van der Waals surface area contributed by atoms with Gasteiger partial charge in [0.1, 0.15) is 11.5 Å². The quantitative estimate of drug-likeness (QED) is 0.490. The Hall–Kier alpha value is -2.65. The lowest BCUT2D eigenvalue weighted by Gasteiger charge is -2.11. The van der Waals surface area contributed by atoms with E-state index in [0.29, 0.717) is 17.1 Å². The highest BCUT2D eigenvalue weighted by Gasteiger charge is 2.09. The molecule has 0 aliphatic rings. The fourth-order valence-corrected chi connectivity index (χ4v) is 2.20. The van der Waals surface area contributed by atoms with Crippen LogP contribution in [0.25, 0.3) is 0 Å². The van der Waals surface area contributed by atoms with E-state index in [2.05, 4.69) is 32.1 Å². The number of nitrogens with one attached hydrogen (secondary N) is 3. The second-order valence-corrected chi connectivity index (χ2v) is 6.25. The number of hydrogen-bond donors (Lipinski definition) is 3. The molecule has 0 atom stereocenters. The van der Waals surface area contributed by atoms with Crippen LogP contribution in [0.4, 0.5) is 0 Å². The second-order valence-electron chi connectivity index (χ2n) is 4.93. The van der Waals surface area contributed by atoms with Gasteiger partial charge in [0.05, 0.1) is 7.11 Å². The number of halogens is 1. The van der Waals surface area contributed by atoms with Gasteiger partial charge in [-0.3, -0.25) is 25.8 Å². The van der Waals surface area contributed by atoms with Crippen LogP contribution in [0.3, 0.4) is 0 Å². The predicted octanol–water partition coefficient (Wildman–Crippen LogP) is 2.17. The average molecular weight is 438 g/mol. The molecule has 136 valence electrons. The molecule has 2 aromatic carbocycles. The zero-order chi connectivity index (χ0) is 18.9. The summed E-state index contributed by atoms with van der Waals surface area (Å²) in [7, 11) is 1.54. The lowest BCUT2D eigenvalue weighted by atomic mass is 10.2. The van der Waals surface area contributed by atoms with Crippen LogP contribution in [0.1, 0.15) is 10.4 Å². The first-order valence-electron chi connectivity index (χ1n) is 7.40. The highest BCUT2D eigenvalue weighted by atomic mass is 79.9. The second kappa shape index (κ2) is 9.73. The van der Waals surface area contributed by atoms with Crippen LogP contribution in [0.5, 0.6) is 11.5 Å². The summed E-state index contributed by atoms with van der Waals surface area (Å²) in [5.41, 5.74) is 5.18. The molecular weight excluding hydrogens is 422 g/mol. The summed E-state index contributed by atoms with van der Waals surface area (Å²) >= 11 is 8.27. The van der Waals surface area contributed by atoms with Crippen molar-refractivity contribution < 1.29 is 19.1 Å². The molecule has 0 radical (unpaired) electrons. The average Bonchev–Trinajstić information content (AvgIpc) is 2.66. The van der Waals surface area contributed by atoms with Gasteiger partial charge in [-0.2, -0.15) is 0 Å². The first-order chi connectivity index (χ1) is 12.5. The van der Waals surface area contributed by atoms with Crippen molar-refractivity contribution in [1.29, 1.82) is 0 Å². The van der Waals surface area contributed by atoms with Gasteiger partial charge in [0.25, 0.3) is 11.8 Å². The summed E-state index contributed by atoms with van der Waals surface area (Å²) in [5, 5.41) is 2.41. The summed E-state index contributed by atoms with van der Waals surface area (Å²) in [5.74, 6) is 0.332. The normalized spacial score (nSPS) is 9.77. The van der Waals surface area contributed by atoms with Crippen molar-refractivity contribution in [3.05, 3.63) is 58.6 Å². The van der Waals surface area contributed by atoms with Crippen LogP contribution in [0, 0.1) is 0 Å². The lowest BCUT2D eigenvalue weighted by Crippen LogP contribution is -2.49. The maximum absolute atomic E-state index is 12.0. The number of thiocarbonyl (C=S) groups is 1. The standard InChI is InChI=1S/C17H16BrN3O4S/c1-24-13-6-2-11(3-7-13)16(23)19-17(26)21-20-15(22)10-25-14-8-4-12(18)5-9-14/h2-9H,10H2,1H3,(H,20,22)(H2,19,21,23,26). The SMILES string of the molecule is COc1ccc(C(=O)NC(=S)NNC(=O)COc2ccc(Br)cc2)cc1. The molecule has 0 fully saturated rings. The molecule has 0 heterocycles. The molecule has 2 amide bonds. The minimum atomic E-state index is -0.450. The van der Waals surface area contributed by atoms with Crippen molar-refractivity contribution >= 4 is 45.1 Å². The van der Waals surface area contributed by atoms with Crippen molar-refractivity contribution in [3.8, 4) is 11.5 Å². The van der Waals surface area contributed by atoms with Gasteiger partial charge >= 0.3 is 0 Å². The van der Waals surface area contributed by atoms with Gasteiger partial charge in [-0.05, 0) is 60.7 Å². The van der Waals surface area contributed by atoms with Gasteiger partial charge in [0.15, 0.2) is 11.7 Å². The molecule has 0 aromatic heterocycles. The van der Waals surface area contributed by atoms with E-state index in [-0.39, 0.29) is 11.7 Å². The molecule has 0 spiro atoms. The van der Waals surface area contributed by atoms with Gasteiger partial charge in [-0.15, -0.1) is 0 Å². The minimum Gasteiger partial charge on any atom is -0.497 e. The van der Waals surface area contributed by atoms with E-state index >= 15 is 0 Å². The van der Waals surface area contributed by atoms with Crippen LogP contribution in [-0.4, -0.2) is 30.6 Å². The van der Waals surface area contributed by atoms with Crippen LogP contribution >= 0.6 is 28.1 Å². The predicted molar refractivity (Wildman–Crippen MR) is 104 cm³/mol. The summed E-state index contributed by atoms with van der Waals surface area (Å²) in [6.07, 6.45) is 0. The Morgan fingerprint density at radius 2 is 1.62 bits per heavy atom. The molecule has 0 aliphatic heterocycles. The maximum Gasteiger partial charge on any atom is 0.276 e. The fraction of sp³-hybridized carbons (Fsp3) is 0.118. The third kappa shape index (κ3) is 6.34. The number of carbonyl (C=O) groups excluding carboxylic acids is 2. The Morgan fingerprint density at radius 3 is 2.23 bits per heavy atom. The molecule has 0 saturated heterocycles. The molecule has 26 heavy (non-hydrogen) atoms. The Bertz CT molecular complexity index is 782. The minimum absolute atomic E-state index is 0.0391. The molecule has 3 N–H and O–H groups in total. The zero-order valence-corrected chi connectivity index (χ0v) is 16.1. The maximum atomic E-state index is 12.0. The van der Waals surface area contributed by atoms with Gasteiger partial charge in [-0.1, -0.05) is 15.9 Å². The third-order valence-corrected chi connectivity index (χ3v) is 3.81. The molecule has 2 rings (SSSR count). The summed E-state index contributed by atoms with van der Waals surface area (Å²) in [6.45, 7) is -0.205. The molecule has 7 nitrogen and oxygen atoms in total. The van der Waals surface area contributed by atoms with Gasteiger partial charge < -0.3 is 9.47 Å². The highest BCUT2D eigenvalue weighted by molar-refractivity contribution is 9.10. The first-order valence-corrected chi connectivity index (χ1v) is 8.60. The Balaban J connectivity index is 1.72. The number of benzene rings is 2. The number of amides is 2. The van der Waals surface area contributed by atoms with Crippen LogP contribution in [-0.2, 0) is 4.79 Å². The third-order valence-electron chi connectivity index (χ3n) is 3.08. The number of hydrogen-bond acceptors (Lipinski definition) is 5. The largest absolute Gasteiger partial charge is 0.497 e. The zero-order valence-electron chi connectivity index (χ0n) is 13.7. The molecule has 0 aliphatic carbocycles. The van der Waals surface area contributed by atoms with Crippen molar-refractivity contribution in [2.24, 2.45) is 0 Å². The number of carbonyl (C=O) groups is 2. The fourth-order valence-electron chi connectivity index (χ4n) is 1.79. The van der Waals surface area contributed by atoms with E-state index in [1.807, 2.05) is 0 Å². The van der Waals surface area contributed by atoms with Crippen LogP contribution in [0.2, 0.25) is 0 Å². The molecule has 0 bridgehead atoms. The summed E-state index contributed by atoms with van der Waals surface area (Å²) < 4.78 is 11.2. The summed E-state index contributed by atoms with van der Waals surface area (Å²) in [6, 6.07) is 13.6. The van der Waals surface area contributed by atoms with Gasteiger partial charge in [0, 0.05) is 10.0 Å². The number of rotatable bonds is 5. The van der Waals surface area contributed by atoms with E-state index in [1.165, 1.54) is 7.11 Å². The topological polar surface area (TPSA) is 88.7 Å². The van der Waals surface area contributed by atoms with E-state index in [9.17, 15) is 9.59 Å². The van der Waals surface area contributed by atoms with E-state index in [1.54, 1.807) is 48.5 Å². The van der Waals surface area contributed by atoms with E-state index < -0.39 is 11.8 Å². The van der Waals surface area contributed by atoms with Crippen molar-refractivity contribution in [2.75, 3.05) is 13.7 Å². The number of hydrazine groups is 1. The van der Waals surface area contributed by atoms with Crippen molar-refractivity contribution in [1.82, 2.24) is 16.2 Å². The van der Waals surface area contributed by atoms with E-state index in [0.717, 1.165) is 4.47 Å². The Kier molecular flexibility index (Phi) is 7.37. The molecule has 0 saturated carbocycles. The molecule has 0 unspecified atom stereocenters. The molecule has 2 aromatic rings. The van der Waals surface area contributed by atoms with E-state index in [4.69, 9.17) is 21.7 Å². The van der Waals surface area contributed by atoms with Gasteiger partial charge in [0.2, 0.25) is 0 Å². The van der Waals surface area contributed by atoms with Crippen molar-refractivity contribution in [3.63, 3.8) is 0 Å². The molecular formula is C17H16BrN3O4S. The van der Waals surface area contributed by atoms with Crippen LogP contribution < -0.4 is 25.6 Å². The van der Waals surface area contributed by atoms with Crippen molar-refractivity contribution in [2.45, 2.75) is 0 Å². The lowest BCUT2D eigenvalue weighted by molar-refractivity contribution is -0.123. The van der Waals surface area contributed by atoms with Gasteiger partial charge in [-0.25, -0.2) is 0 Å². The highest BCUT2D eigenvalue weighted by Crippen LogP contribution is 2.15. The summed E-state index contributed by atoms with van der Waals surface area (Å²) in [4.78, 5) is 23.7. The Labute approximate surface area is 164 Å².